The highest BCUT2D eigenvalue weighted by Gasteiger charge is 2.33. The van der Waals surface area contributed by atoms with Gasteiger partial charge in [0.05, 0.1) is 0 Å². The second kappa shape index (κ2) is 2.07. The van der Waals surface area contributed by atoms with Crippen LogP contribution in [-0.2, 0) is 0 Å². The minimum Gasteiger partial charge on any atom is -0.250 e. The van der Waals surface area contributed by atoms with Gasteiger partial charge in [-0.1, -0.05) is 0 Å². The van der Waals surface area contributed by atoms with Gasteiger partial charge in [0.15, 0.2) is 5.01 Å². The van der Waals surface area contributed by atoms with Crippen LogP contribution in [0.15, 0.2) is 26.6 Å². The summed E-state index contributed by atoms with van der Waals surface area (Å²) in [5, 5.41) is 3.20. The fraction of sp³-hybridized carbons (Fsp3) is 0.143. The summed E-state index contributed by atoms with van der Waals surface area (Å²) >= 11 is 1.68. The molecule has 0 N–H and O–H groups in total. The third-order valence-corrected chi connectivity index (χ3v) is 2.80. The standard InChI is InChI=1S/C7H5N4S/c1-2-12-7-5-6(9-3-8-5)10-4-11(1)7/h1-5H/q+1. The van der Waals surface area contributed by atoms with Crippen molar-refractivity contribution < 1.29 is 4.57 Å². The molecule has 2 aliphatic rings. The SMILES string of the molecule is C1=NC2=NC=NC2c2scc[n+]21. The predicted molar refractivity (Wildman–Crippen MR) is 47.1 cm³/mol. The average Bonchev–Trinajstić information content (AvgIpc) is 2.71. The molecule has 1 atom stereocenters. The van der Waals surface area contributed by atoms with Crippen LogP contribution >= 0.6 is 11.3 Å². The van der Waals surface area contributed by atoms with Crippen molar-refractivity contribution in [2.24, 2.45) is 15.0 Å². The van der Waals surface area contributed by atoms with Crippen molar-refractivity contribution in [1.29, 1.82) is 0 Å². The van der Waals surface area contributed by atoms with Gasteiger partial charge in [0.25, 0.3) is 12.2 Å². The molecule has 0 spiro atoms. The zero-order valence-electron chi connectivity index (χ0n) is 6.08. The number of fused-ring (bicyclic) bond motifs is 3. The molecule has 0 fully saturated rings. The molecule has 12 heavy (non-hydrogen) atoms. The lowest BCUT2D eigenvalue weighted by atomic mass is 10.3. The van der Waals surface area contributed by atoms with Crippen molar-refractivity contribution in [3.8, 4) is 0 Å². The Hall–Kier alpha value is -1.36. The van der Waals surface area contributed by atoms with Gasteiger partial charge in [0.2, 0.25) is 6.04 Å². The third-order valence-electron chi connectivity index (χ3n) is 1.86. The van der Waals surface area contributed by atoms with Crippen LogP contribution in [0.1, 0.15) is 11.0 Å². The van der Waals surface area contributed by atoms with Crippen molar-refractivity contribution >= 4 is 29.8 Å². The lowest BCUT2D eigenvalue weighted by Crippen LogP contribution is -2.40. The van der Waals surface area contributed by atoms with Crippen molar-refractivity contribution in [1.82, 2.24) is 0 Å². The van der Waals surface area contributed by atoms with Gasteiger partial charge in [-0.3, -0.25) is 0 Å². The highest BCUT2D eigenvalue weighted by molar-refractivity contribution is 7.09. The summed E-state index contributed by atoms with van der Waals surface area (Å²) in [6, 6.07) is 0.0509. The molecule has 3 heterocycles. The molecule has 3 rings (SSSR count). The van der Waals surface area contributed by atoms with Gasteiger partial charge in [-0.2, -0.15) is 9.56 Å². The molecule has 58 valence electrons. The fourth-order valence-electron chi connectivity index (χ4n) is 1.30. The largest absolute Gasteiger partial charge is 0.294 e. The lowest BCUT2D eigenvalue weighted by Gasteiger charge is -2.03. The van der Waals surface area contributed by atoms with E-state index in [0.717, 1.165) is 5.84 Å². The molecule has 1 aromatic heterocycles. The third kappa shape index (κ3) is 0.660. The summed E-state index contributed by atoms with van der Waals surface area (Å²) in [7, 11) is 0. The van der Waals surface area contributed by atoms with Gasteiger partial charge in [-0.25, -0.2) is 4.99 Å². The maximum absolute atomic E-state index is 4.22. The van der Waals surface area contributed by atoms with E-state index < -0.39 is 0 Å². The quantitative estimate of drug-likeness (QED) is 0.515. The van der Waals surface area contributed by atoms with E-state index in [-0.39, 0.29) is 6.04 Å². The topological polar surface area (TPSA) is 41.0 Å². The van der Waals surface area contributed by atoms with Crippen molar-refractivity contribution in [3.63, 3.8) is 0 Å². The maximum atomic E-state index is 4.22. The molecule has 0 saturated heterocycles. The number of nitrogens with zero attached hydrogens (tertiary/aromatic N) is 4. The maximum Gasteiger partial charge on any atom is 0.294 e. The van der Waals surface area contributed by atoms with Crippen molar-refractivity contribution in [3.05, 3.63) is 16.6 Å². The minimum absolute atomic E-state index is 0.0509. The Kier molecular flexibility index (Phi) is 1.07. The first-order valence-corrected chi connectivity index (χ1v) is 4.45. The van der Waals surface area contributed by atoms with E-state index in [0.29, 0.717) is 0 Å². The molecular weight excluding hydrogens is 172 g/mol. The van der Waals surface area contributed by atoms with Crippen LogP contribution in [0.4, 0.5) is 0 Å². The van der Waals surface area contributed by atoms with Gasteiger partial charge in [0.1, 0.15) is 12.5 Å². The molecule has 2 aliphatic heterocycles. The number of hydrogen-bond acceptors (Lipinski definition) is 4. The molecule has 1 unspecified atom stereocenters. The van der Waals surface area contributed by atoms with E-state index in [1.54, 1.807) is 24.0 Å². The molecule has 0 radical (unpaired) electrons. The summed E-state index contributed by atoms with van der Waals surface area (Å²) in [5.74, 6) is 0.803. The first-order valence-electron chi connectivity index (χ1n) is 3.57. The van der Waals surface area contributed by atoms with E-state index in [2.05, 4.69) is 15.0 Å². The lowest BCUT2D eigenvalue weighted by molar-refractivity contribution is -0.550. The molecule has 0 aromatic carbocycles. The molecular formula is C7H5N4S+. The first-order chi connectivity index (χ1) is 5.95. The Bertz CT molecular complexity index is 415. The summed E-state index contributed by atoms with van der Waals surface area (Å²) < 4.78 is 1.98. The van der Waals surface area contributed by atoms with Crippen molar-refractivity contribution in [2.45, 2.75) is 6.04 Å². The van der Waals surface area contributed by atoms with E-state index in [1.165, 1.54) is 5.01 Å². The summed E-state index contributed by atoms with van der Waals surface area (Å²) in [6.07, 6.45) is 5.33. The molecule has 0 amide bonds. The number of rotatable bonds is 0. The minimum atomic E-state index is 0.0509. The molecule has 0 bridgehead atoms. The monoisotopic (exact) mass is 177 g/mol. The van der Waals surface area contributed by atoms with Gasteiger partial charge < -0.3 is 0 Å². The second-order valence-corrected chi connectivity index (χ2v) is 3.47. The number of amidine groups is 1. The number of aromatic nitrogens is 1. The van der Waals surface area contributed by atoms with Crippen LogP contribution in [0, 0.1) is 0 Å². The predicted octanol–water partition coefficient (Wildman–Crippen LogP) is 0.407. The van der Waals surface area contributed by atoms with Gasteiger partial charge in [-0.15, -0.1) is 11.3 Å². The van der Waals surface area contributed by atoms with Crippen LogP contribution in [-0.4, -0.2) is 18.5 Å². The Balaban J connectivity index is 2.26. The highest BCUT2D eigenvalue weighted by Crippen LogP contribution is 2.24. The fourth-order valence-corrected chi connectivity index (χ4v) is 2.15. The Labute approximate surface area is 72.6 Å². The number of aliphatic imine (C=N–C) groups is 3. The van der Waals surface area contributed by atoms with Crippen LogP contribution in [0.3, 0.4) is 0 Å². The summed E-state index contributed by atoms with van der Waals surface area (Å²) in [6.45, 7) is 0. The van der Waals surface area contributed by atoms with E-state index in [1.807, 2.05) is 16.1 Å². The molecule has 4 nitrogen and oxygen atoms in total. The Morgan fingerprint density at radius 2 is 2.50 bits per heavy atom. The van der Waals surface area contributed by atoms with Crippen LogP contribution in [0.2, 0.25) is 0 Å². The molecule has 1 aromatic rings. The second-order valence-electron chi connectivity index (χ2n) is 2.55. The van der Waals surface area contributed by atoms with Gasteiger partial charge >= 0.3 is 0 Å². The van der Waals surface area contributed by atoms with Crippen LogP contribution in [0.5, 0.6) is 0 Å². The molecule has 0 saturated carbocycles. The van der Waals surface area contributed by atoms with Crippen LogP contribution < -0.4 is 4.57 Å². The van der Waals surface area contributed by atoms with Crippen molar-refractivity contribution in [2.75, 3.05) is 0 Å². The number of thiazole rings is 1. The summed E-state index contributed by atoms with van der Waals surface area (Å²) in [4.78, 5) is 12.4. The normalized spacial score (nSPS) is 23.7. The first kappa shape index (κ1) is 6.19. The van der Waals surface area contributed by atoms with E-state index >= 15 is 0 Å². The Morgan fingerprint density at radius 1 is 1.50 bits per heavy atom. The smallest absolute Gasteiger partial charge is 0.250 e. The van der Waals surface area contributed by atoms with E-state index in [9.17, 15) is 0 Å². The summed E-state index contributed by atoms with van der Waals surface area (Å²) in [5.41, 5.74) is 0. The van der Waals surface area contributed by atoms with Crippen LogP contribution in [0.25, 0.3) is 0 Å². The van der Waals surface area contributed by atoms with Gasteiger partial charge in [0, 0.05) is 5.38 Å². The Morgan fingerprint density at radius 3 is 3.50 bits per heavy atom. The highest BCUT2D eigenvalue weighted by atomic mass is 32.1. The molecule has 5 heteroatoms. The molecule has 0 aliphatic carbocycles. The zero-order valence-corrected chi connectivity index (χ0v) is 6.90. The van der Waals surface area contributed by atoms with E-state index in [4.69, 9.17) is 0 Å². The van der Waals surface area contributed by atoms with Gasteiger partial charge in [-0.05, 0) is 4.99 Å². The zero-order chi connectivity index (χ0) is 7.97. The number of hydrogen-bond donors (Lipinski definition) is 0. The average molecular weight is 177 g/mol.